The first-order valence-electron chi connectivity index (χ1n) is 8.52. The van der Waals surface area contributed by atoms with Crippen LogP contribution in [0.25, 0.3) is 0 Å². The molecule has 134 valence electrons. The van der Waals surface area contributed by atoms with Crippen molar-refractivity contribution in [2.45, 2.75) is 25.7 Å². The van der Waals surface area contributed by atoms with Crippen molar-refractivity contribution >= 4 is 22.4 Å². The van der Waals surface area contributed by atoms with Gasteiger partial charge < -0.3 is 10.1 Å². The molecule has 1 aromatic heterocycles. The van der Waals surface area contributed by atoms with Crippen molar-refractivity contribution in [1.82, 2.24) is 10.2 Å². The monoisotopic (exact) mass is 367 g/mol. The van der Waals surface area contributed by atoms with Gasteiger partial charge in [-0.3, -0.25) is 4.79 Å². The fourth-order valence-electron chi connectivity index (χ4n) is 2.57. The van der Waals surface area contributed by atoms with Crippen LogP contribution in [0.4, 0.5) is 5.13 Å². The fourth-order valence-corrected chi connectivity index (χ4v) is 3.36. The number of methoxy groups -OCH3 is 1. The lowest BCUT2D eigenvalue weighted by molar-refractivity contribution is -0.116. The first-order chi connectivity index (χ1) is 12.7. The molecule has 0 fully saturated rings. The summed E-state index contributed by atoms with van der Waals surface area (Å²) in [4.78, 5) is 12.1. The number of hydrogen-bond donors (Lipinski definition) is 1. The predicted octanol–water partition coefficient (Wildman–Crippen LogP) is 4.10. The Labute approximate surface area is 157 Å². The summed E-state index contributed by atoms with van der Waals surface area (Å²) in [6, 6.07) is 18.0. The Bertz CT molecular complexity index is 832. The van der Waals surface area contributed by atoms with E-state index in [0.29, 0.717) is 18.0 Å². The molecule has 26 heavy (non-hydrogen) atoms. The van der Waals surface area contributed by atoms with Crippen LogP contribution in [0, 0.1) is 0 Å². The van der Waals surface area contributed by atoms with Crippen LogP contribution in [0.1, 0.15) is 29.0 Å². The van der Waals surface area contributed by atoms with E-state index in [1.165, 1.54) is 16.9 Å². The van der Waals surface area contributed by atoms with Crippen LogP contribution < -0.4 is 10.1 Å². The van der Waals surface area contributed by atoms with E-state index in [1.54, 1.807) is 7.11 Å². The molecule has 0 saturated heterocycles. The third-order valence-electron chi connectivity index (χ3n) is 3.94. The first kappa shape index (κ1) is 18.1. The molecule has 0 radical (unpaired) electrons. The van der Waals surface area contributed by atoms with Crippen LogP contribution in [-0.2, 0) is 17.6 Å². The minimum atomic E-state index is -0.0203. The smallest absolute Gasteiger partial charge is 0.226 e. The normalized spacial score (nSPS) is 10.5. The Morgan fingerprint density at radius 2 is 1.81 bits per heavy atom. The number of nitrogens with zero attached hydrogens (tertiary/aromatic N) is 2. The topological polar surface area (TPSA) is 64.1 Å². The molecule has 5 nitrogen and oxygen atoms in total. The number of aryl methyl sites for hydroxylation is 1. The molecule has 1 heterocycles. The number of benzene rings is 2. The molecule has 0 aliphatic heterocycles. The quantitative estimate of drug-likeness (QED) is 0.651. The second-order valence-electron chi connectivity index (χ2n) is 5.91. The third kappa shape index (κ3) is 5.39. The molecule has 3 aromatic rings. The Kier molecular flexibility index (Phi) is 6.33. The van der Waals surface area contributed by atoms with E-state index in [9.17, 15) is 4.79 Å². The molecule has 0 bridgehead atoms. The Morgan fingerprint density at radius 3 is 2.54 bits per heavy atom. The van der Waals surface area contributed by atoms with Crippen molar-refractivity contribution in [1.29, 1.82) is 0 Å². The third-order valence-corrected chi connectivity index (χ3v) is 4.78. The second-order valence-corrected chi connectivity index (χ2v) is 6.98. The molecule has 0 spiro atoms. The Morgan fingerprint density at radius 1 is 1.04 bits per heavy atom. The number of anilines is 1. The van der Waals surface area contributed by atoms with E-state index < -0.39 is 0 Å². The summed E-state index contributed by atoms with van der Waals surface area (Å²) in [5.41, 5.74) is 2.38. The molecule has 0 aliphatic rings. The molecular formula is C20H21N3O2S. The lowest BCUT2D eigenvalue weighted by atomic mass is 10.1. The van der Waals surface area contributed by atoms with Crippen LogP contribution in [-0.4, -0.2) is 23.2 Å². The van der Waals surface area contributed by atoms with Gasteiger partial charge in [-0.15, -0.1) is 10.2 Å². The minimum absolute atomic E-state index is 0.0203. The number of aromatic nitrogens is 2. The maximum Gasteiger partial charge on any atom is 0.226 e. The molecule has 3 rings (SSSR count). The van der Waals surface area contributed by atoms with Gasteiger partial charge in [0.25, 0.3) is 0 Å². The van der Waals surface area contributed by atoms with Gasteiger partial charge in [0.2, 0.25) is 11.0 Å². The fraction of sp³-hybridized carbons (Fsp3) is 0.250. The van der Waals surface area contributed by atoms with E-state index in [1.807, 2.05) is 42.5 Å². The molecular weight excluding hydrogens is 346 g/mol. The summed E-state index contributed by atoms with van der Waals surface area (Å²) in [5, 5.41) is 12.5. The zero-order valence-electron chi connectivity index (χ0n) is 14.6. The summed E-state index contributed by atoms with van der Waals surface area (Å²) in [7, 11) is 1.65. The molecule has 0 atom stereocenters. The summed E-state index contributed by atoms with van der Waals surface area (Å²) >= 11 is 1.41. The molecule has 0 saturated carbocycles. The number of carbonyl (C=O) groups excluding carboxylic acids is 1. The second kappa shape index (κ2) is 9.10. The summed E-state index contributed by atoms with van der Waals surface area (Å²) in [6.07, 6.45) is 2.87. The standard InChI is InChI=1S/C20H21N3O2S/c1-25-17-12-10-16(11-13-17)14-19-22-23-20(26-19)21-18(24)9-5-8-15-6-3-2-4-7-15/h2-4,6-7,10-13H,5,8-9,14H2,1H3,(H,21,23,24). The maximum absolute atomic E-state index is 12.1. The summed E-state index contributed by atoms with van der Waals surface area (Å²) in [5.74, 6) is 0.808. The molecule has 1 amide bonds. The maximum atomic E-state index is 12.1. The molecule has 1 N–H and O–H groups in total. The number of carbonyl (C=O) groups is 1. The van der Waals surface area contributed by atoms with Crippen LogP contribution in [0.2, 0.25) is 0 Å². The van der Waals surface area contributed by atoms with Gasteiger partial charge in [0.15, 0.2) is 0 Å². The van der Waals surface area contributed by atoms with Crippen molar-refractivity contribution in [3.8, 4) is 5.75 Å². The van der Waals surface area contributed by atoms with Gasteiger partial charge in [-0.2, -0.15) is 0 Å². The highest BCUT2D eigenvalue weighted by molar-refractivity contribution is 7.15. The molecule has 2 aromatic carbocycles. The average molecular weight is 367 g/mol. The lowest BCUT2D eigenvalue weighted by Gasteiger charge is -2.02. The van der Waals surface area contributed by atoms with E-state index in [4.69, 9.17) is 4.74 Å². The summed E-state index contributed by atoms with van der Waals surface area (Å²) < 4.78 is 5.15. The first-order valence-corrected chi connectivity index (χ1v) is 9.33. The number of rotatable bonds is 8. The summed E-state index contributed by atoms with van der Waals surface area (Å²) in [6.45, 7) is 0. The van der Waals surface area contributed by atoms with Gasteiger partial charge >= 0.3 is 0 Å². The van der Waals surface area contributed by atoms with E-state index >= 15 is 0 Å². The van der Waals surface area contributed by atoms with Crippen LogP contribution in [0.5, 0.6) is 5.75 Å². The van der Waals surface area contributed by atoms with Crippen LogP contribution in [0.15, 0.2) is 54.6 Å². The van der Waals surface area contributed by atoms with Crippen molar-refractivity contribution < 1.29 is 9.53 Å². The van der Waals surface area contributed by atoms with Crippen LogP contribution >= 0.6 is 11.3 Å². The van der Waals surface area contributed by atoms with Gasteiger partial charge in [0.05, 0.1) is 7.11 Å². The predicted molar refractivity (Wildman–Crippen MR) is 104 cm³/mol. The van der Waals surface area contributed by atoms with Gasteiger partial charge in [-0.05, 0) is 36.1 Å². The van der Waals surface area contributed by atoms with E-state index in [-0.39, 0.29) is 5.91 Å². The largest absolute Gasteiger partial charge is 0.497 e. The lowest BCUT2D eigenvalue weighted by Crippen LogP contribution is -2.11. The number of amides is 1. The van der Waals surface area contributed by atoms with Gasteiger partial charge in [-0.1, -0.05) is 53.8 Å². The Hall–Kier alpha value is -2.73. The van der Waals surface area contributed by atoms with Gasteiger partial charge in [0.1, 0.15) is 10.8 Å². The van der Waals surface area contributed by atoms with Crippen LogP contribution in [0.3, 0.4) is 0 Å². The number of ether oxygens (including phenoxy) is 1. The SMILES string of the molecule is COc1ccc(Cc2nnc(NC(=O)CCCc3ccccc3)s2)cc1. The average Bonchev–Trinajstić information content (AvgIpc) is 3.10. The van der Waals surface area contributed by atoms with Gasteiger partial charge in [-0.25, -0.2) is 0 Å². The molecule has 0 aliphatic carbocycles. The highest BCUT2D eigenvalue weighted by Gasteiger charge is 2.09. The van der Waals surface area contributed by atoms with Crippen molar-refractivity contribution in [3.63, 3.8) is 0 Å². The van der Waals surface area contributed by atoms with E-state index in [0.717, 1.165) is 29.2 Å². The highest BCUT2D eigenvalue weighted by atomic mass is 32.1. The molecule has 0 unspecified atom stereocenters. The van der Waals surface area contributed by atoms with Crippen molar-refractivity contribution in [2.75, 3.05) is 12.4 Å². The number of hydrogen-bond acceptors (Lipinski definition) is 5. The van der Waals surface area contributed by atoms with E-state index in [2.05, 4.69) is 27.6 Å². The Balaban J connectivity index is 1.45. The zero-order valence-corrected chi connectivity index (χ0v) is 15.5. The zero-order chi connectivity index (χ0) is 18.2. The minimum Gasteiger partial charge on any atom is -0.497 e. The van der Waals surface area contributed by atoms with Crippen molar-refractivity contribution in [3.05, 3.63) is 70.7 Å². The van der Waals surface area contributed by atoms with Crippen molar-refractivity contribution in [2.24, 2.45) is 0 Å². The molecule has 6 heteroatoms. The number of nitrogens with one attached hydrogen (secondary N) is 1. The van der Waals surface area contributed by atoms with Gasteiger partial charge in [0, 0.05) is 12.8 Å². The highest BCUT2D eigenvalue weighted by Crippen LogP contribution is 2.20.